The molecule has 4 aromatic rings. The third-order valence-electron chi connectivity index (χ3n) is 6.84. The topological polar surface area (TPSA) is 77.4 Å². The number of fused-ring (bicyclic) bond motifs is 3. The van der Waals surface area contributed by atoms with E-state index in [1.807, 2.05) is 60.7 Å². The standard InChI is InChI=1S/C32H26O6/c1-35-24-15-21(33)17-26-28(24)23(14-13-19-9-5-3-6-10-19)29-31(20-11-7-4-8-12-20)37-27-18-22(34)16-25(36-2)30(27)32(29)38-26/h3-18,23,31,33-34H,1-2H3/b14-13+/t23?,31-/m0/s1. The maximum absolute atomic E-state index is 10.5. The van der Waals surface area contributed by atoms with Crippen molar-refractivity contribution in [3.05, 3.63) is 119 Å². The van der Waals surface area contributed by atoms with Gasteiger partial charge in [0.15, 0.2) is 0 Å². The fraction of sp³-hybridized carbons (Fsp3) is 0.125. The molecule has 0 amide bonds. The molecule has 6 rings (SSSR count). The zero-order valence-corrected chi connectivity index (χ0v) is 20.9. The lowest BCUT2D eigenvalue weighted by atomic mass is 9.79. The van der Waals surface area contributed by atoms with Gasteiger partial charge in [-0.05, 0) is 11.1 Å². The number of rotatable bonds is 5. The van der Waals surface area contributed by atoms with Crippen LogP contribution in [0.15, 0.2) is 96.6 Å². The number of aromatic hydroxyl groups is 2. The molecular formula is C32H26O6. The number of benzene rings is 4. The Balaban J connectivity index is 1.65. The molecule has 0 bridgehead atoms. The molecule has 6 nitrogen and oxygen atoms in total. The maximum atomic E-state index is 10.5. The summed E-state index contributed by atoms with van der Waals surface area (Å²) < 4.78 is 24.6. The molecule has 0 fully saturated rings. The monoisotopic (exact) mass is 506 g/mol. The van der Waals surface area contributed by atoms with E-state index in [0.29, 0.717) is 34.3 Å². The quantitative estimate of drug-likeness (QED) is 0.308. The van der Waals surface area contributed by atoms with E-state index in [-0.39, 0.29) is 17.4 Å². The van der Waals surface area contributed by atoms with Crippen LogP contribution in [-0.4, -0.2) is 24.4 Å². The van der Waals surface area contributed by atoms with Gasteiger partial charge in [0.2, 0.25) is 0 Å². The van der Waals surface area contributed by atoms with Crippen LogP contribution in [0.3, 0.4) is 0 Å². The van der Waals surface area contributed by atoms with Crippen molar-refractivity contribution >= 4 is 11.8 Å². The molecule has 0 aliphatic carbocycles. The first kappa shape index (κ1) is 23.6. The first-order chi connectivity index (χ1) is 18.6. The van der Waals surface area contributed by atoms with Crippen molar-refractivity contribution in [1.29, 1.82) is 0 Å². The molecule has 38 heavy (non-hydrogen) atoms. The Kier molecular flexibility index (Phi) is 5.92. The smallest absolute Gasteiger partial charge is 0.150 e. The van der Waals surface area contributed by atoms with E-state index in [0.717, 1.165) is 22.3 Å². The molecule has 2 aliphatic heterocycles. The van der Waals surface area contributed by atoms with E-state index in [2.05, 4.69) is 12.2 Å². The molecule has 2 aliphatic rings. The number of phenolic OH excluding ortho intramolecular Hbond substituents is 2. The van der Waals surface area contributed by atoms with Gasteiger partial charge in [0.1, 0.15) is 51.9 Å². The summed E-state index contributed by atoms with van der Waals surface area (Å²) >= 11 is 0. The molecule has 0 radical (unpaired) electrons. The highest BCUT2D eigenvalue weighted by molar-refractivity contribution is 5.83. The third kappa shape index (κ3) is 4.00. The largest absolute Gasteiger partial charge is 0.508 e. The molecule has 6 heteroatoms. The van der Waals surface area contributed by atoms with Crippen LogP contribution in [-0.2, 0) is 0 Å². The maximum Gasteiger partial charge on any atom is 0.150 e. The Morgan fingerprint density at radius 3 is 2.08 bits per heavy atom. The SMILES string of the molecule is COc1cc(O)cc2c1C1=C(C(/C=C/c3ccccc3)c3c(OC)cc(O)cc3O1)[C@H](c1ccccc1)O2. The fourth-order valence-electron chi connectivity index (χ4n) is 5.18. The fourth-order valence-corrected chi connectivity index (χ4v) is 5.18. The van der Waals surface area contributed by atoms with E-state index in [9.17, 15) is 10.2 Å². The van der Waals surface area contributed by atoms with Gasteiger partial charge < -0.3 is 29.2 Å². The highest BCUT2D eigenvalue weighted by Crippen LogP contribution is 2.58. The van der Waals surface area contributed by atoms with E-state index < -0.39 is 6.10 Å². The van der Waals surface area contributed by atoms with Crippen LogP contribution >= 0.6 is 0 Å². The average molecular weight is 507 g/mol. The molecule has 0 aromatic heterocycles. The zero-order chi connectivity index (χ0) is 26.2. The van der Waals surface area contributed by atoms with Crippen molar-refractivity contribution in [2.45, 2.75) is 12.0 Å². The minimum Gasteiger partial charge on any atom is -0.508 e. The minimum atomic E-state index is -0.526. The van der Waals surface area contributed by atoms with Gasteiger partial charge in [-0.15, -0.1) is 0 Å². The van der Waals surface area contributed by atoms with Crippen molar-refractivity contribution in [2.24, 2.45) is 0 Å². The summed E-state index contributed by atoms with van der Waals surface area (Å²) in [4.78, 5) is 0. The van der Waals surface area contributed by atoms with Crippen LogP contribution in [0, 0.1) is 0 Å². The third-order valence-corrected chi connectivity index (χ3v) is 6.84. The molecule has 2 N–H and O–H groups in total. The van der Waals surface area contributed by atoms with Gasteiger partial charge in [-0.3, -0.25) is 0 Å². The van der Waals surface area contributed by atoms with Crippen LogP contribution in [0.1, 0.15) is 34.3 Å². The average Bonchev–Trinajstić information content (AvgIpc) is 2.94. The lowest BCUT2D eigenvalue weighted by molar-refractivity contribution is 0.218. The molecule has 0 saturated heterocycles. The van der Waals surface area contributed by atoms with Gasteiger partial charge in [0.05, 0.1) is 14.2 Å². The molecular weight excluding hydrogens is 480 g/mol. The molecule has 1 unspecified atom stereocenters. The van der Waals surface area contributed by atoms with Gasteiger partial charge in [-0.1, -0.05) is 72.8 Å². The molecule has 0 saturated carbocycles. The summed E-state index contributed by atoms with van der Waals surface area (Å²) in [7, 11) is 3.11. The van der Waals surface area contributed by atoms with E-state index in [4.69, 9.17) is 18.9 Å². The van der Waals surface area contributed by atoms with E-state index >= 15 is 0 Å². The Morgan fingerprint density at radius 2 is 1.39 bits per heavy atom. The van der Waals surface area contributed by atoms with Gasteiger partial charge in [-0.25, -0.2) is 0 Å². The Morgan fingerprint density at radius 1 is 0.763 bits per heavy atom. The van der Waals surface area contributed by atoms with Gasteiger partial charge >= 0.3 is 0 Å². The highest BCUT2D eigenvalue weighted by Gasteiger charge is 2.43. The lowest BCUT2D eigenvalue weighted by Gasteiger charge is -2.38. The molecule has 0 spiro atoms. The van der Waals surface area contributed by atoms with Crippen molar-refractivity contribution in [1.82, 2.24) is 0 Å². The highest BCUT2D eigenvalue weighted by atomic mass is 16.5. The molecule has 2 heterocycles. The van der Waals surface area contributed by atoms with Gasteiger partial charge in [0, 0.05) is 41.3 Å². The number of hydrogen-bond acceptors (Lipinski definition) is 6. The van der Waals surface area contributed by atoms with Crippen LogP contribution in [0.2, 0.25) is 0 Å². The molecule has 190 valence electrons. The van der Waals surface area contributed by atoms with Gasteiger partial charge in [0.25, 0.3) is 0 Å². The second-order valence-electron chi connectivity index (χ2n) is 9.12. The van der Waals surface area contributed by atoms with Crippen LogP contribution in [0.4, 0.5) is 0 Å². The molecule has 2 atom stereocenters. The van der Waals surface area contributed by atoms with Crippen LogP contribution in [0.5, 0.6) is 34.5 Å². The summed E-state index contributed by atoms with van der Waals surface area (Å²) in [5.74, 6) is 2.10. The Bertz CT molecular complexity index is 1560. The second-order valence-corrected chi connectivity index (χ2v) is 9.12. The predicted octanol–water partition coefficient (Wildman–Crippen LogP) is 6.85. The van der Waals surface area contributed by atoms with Crippen LogP contribution < -0.4 is 18.9 Å². The number of methoxy groups -OCH3 is 2. The first-order valence-electron chi connectivity index (χ1n) is 12.3. The summed E-state index contributed by atoms with van der Waals surface area (Å²) in [5.41, 5.74) is 4.20. The van der Waals surface area contributed by atoms with Crippen molar-refractivity contribution < 1.29 is 29.2 Å². The number of allylic oxidation sites excluding steroid dienone is 1. The van der Waals surface area contributed by atoms with Crippen molar-refractivity contribution in [2.75, 3.05) is 14.2 Å². The number of ether oxygens (including phenoxy) is 4. The van der Waals surface area contributed by atoms with Crippen molar-refractivity contribution in [3.8, 4) is 34.5 Å². The van der Waals surface area contributed by atoms with Crippen molar-refractivity contribution in [3.63, 3.8) is 0 Å². The normalized spacial score (nSPS) is 17.6. The Hall–Kier alpha value is -4.84. The second kappa shape index (κ2) is 9.56. The predicted molar refractivity (Wildman–Crippen MR) is 145 cm³/mol. The summed E-state index contributed by atoms with van der Waals surface area (Å²) in [6.45, 7) is 0. The summed E-state index contributed by atoms with van der Waals surface area (Å²) in [6.07, 6.45) is 3.63. The lowest BCUT2D eigenvalue weighted by Crippen LogP contribution is -2.27. The zero-order valence-electron chi connectivity index (χ0n) is 20.9. The van der Waals surface area contributed by atoms with Gasteiger partial charge in [-0.2, -0.15) is 0 Å². The molecule has 4 aromatic carbocycles. The van der Waals surface area contributed by atoms with E-state index in [1.54, 1.807) is 25.3 Å². The van der Waals surface area contributed by atoms with E-state index in [1.165, 1.54) is 13.2 Å². The number of phenols is 2. The summed E-state index contributed by atoms with van der Waals surface area (Å²) in [5, 5.41) is 20.9. The Labute approximate surface area is 220 Å². The number of hydrogen-bond donors (Lipinski definition) is 2. The minimum absolute atomic E-state index is 0.0208. The first-order valence-corrected chi connectivity index (χ1v) is 12.3. The van der Waals surface area contributed by atoms with Crippen LogP contribution in [0.25, 0.3) is 11.8 Å². The summed E-state index contributed by atoms with van der Waals surface area (Å²) in [6, 6.07) is 26.2.